The van der Waals surface area contributed by atoms with E-state index in [1.54, 1.807) is 18.2 Å². The van der Waals surface area contributed by atoms with Crippen molar-refractivity contribution in [3.63, 3.8) is 0 Å². The molecule has 10 heteroatoms. The van der Waals surface area contributed by atoms with Crippen molar-refractivity contribution >= 4 is 17.8 Å². The zero-order valence-electron chi connectivity index (χ0n) is 17.7. The minimum atomic E-state index is -0.750. The molecule has 2 amide bonds. The SMILES string of the molecule is COc1ccc(C(=O)NCC(=O)OCC(=O)NCC2COc3ccccc3O2)cc1OC. The van der Waals surface area contributed by atoms with E-state index in [0.29, 0.717) is 29.6 Å². The molecule has 170 valence electrons. The first-order valence-corrected chi connectivity index (χ1v) is 9.81. The predicted molar refractivity (Wildman–Crippen MR) is 112 cm³/mol. The number of para-hydroxylation sites is 2. The number of amides is 2. The van der Waals surface area contributed by atoms with E-state index in [1.807, 2.05) is 12.1 Å². The maximum Gasteiger partial charge on any atom is 0.325 e. The number of hydrogen-bond acceptors (Lipinski definition) is 8. The van der Waals surface area contributed by atoms with Crippen LogP contribution >= 0.6 is 0 Å². The van der Waals surface area contributed by atoms with Crippen LogP contribution in [0.2, 0.25) is 0 Å². The highest BCUT2D eigenvalue weighted by Gasteiger charge is 2.21. The summed E-state index contributed by atoms with van der Waals surface area (Å²) in [6.45, 7) is -0.383. The first kappa shape index (κ1) is 22.7. The average Bonchev–Trinajstić information content (AvgIpc) is 2.84. The molecule has 0 radical (unpaired) electrons. The van der Waals surface area contributed by atoms with Crippen LogP contribution in [0, 0.1) is 0 Å². The van der Waals surface area contributed by atoms with Crippen molar-refractivity contribution in [2.45, 2.75) is 6.10 Å². The van der Waals surface area contributed by atoms with E-state index >= 15 is 0 Å². The monoisotopic (exact) mass is 444 g/mol. The molecule has 1 heterocycles. The fraction of sp³-hybridized carbons (Fsp3) is 0.318. The Morgan fingerprint density at radius 1 is 1.00 bits per heavy atom. The van der Waals surface area contributed by atoms with Gasteiger partial charge < -0.3 is 34.3 Å². The van der Waals surface area contributed by atoms with E-state index in [0.717, 1.165) is 0 Å². The number of carbonyl (C=O) groups excluding carboxylic acids is 3. The third kappa shape index (κ3) is 6.03. The molecule has 0 saturated heterocycles. The van der Waals surface area contributed by atoms with Crippen molar-refractivity contribution in [1.29, 1.82) is 0 Å². The van der Waals surface area contributed by atoms with E-state index < -0.39 is 30.9 Å². The summed E-state index contributed by atoms with van der Waals surface area (Å²) in [6.07, 6.45) is -0.356. The van der Waals surface area contributed by atoms with Gasteiger partial charge in [0.2, 0.25) is 0 Å². The van der Waals surface area contributed by atoms with Gasteiger partial charge in [-0.25, -0.2) is 0 Å². The Labute approximate surface area is 184 Å². The molecule has 1 aliphatic heterocycles. The third-order valence-corrected chi connectivity index (χ3v) is 4.50. The predicted octanol–water partition coefficient (Wildman–Crippen LogP) is 0.933. The smallest absolute Gasteiger partial charge is 0.325 e. The number of fused-ring (bicyclic) bond motifs is 1. The van der Waals surface area contributed by atoms with Crippen molar-refractivity contribution < 1.29 is 38.1 Å². The Morgan fingerprint density at radius 3 is 2.50 bits per heavy atom. The first-order valence-electron chi connectivity index (χ1n) is 9.81. The van der Waals surface area contributed by atoms with Crippen LogP contribution in [-0.2, 0) is 14.3 Å². The van der Waals surface area contributed by atoms with Gasteiger partial charge in [-0.2, -0.15) is 0 Å². The summed E-state index contributed by atoms with van der Waals surface area (Å²) in [7, 11) is 2.94. The van der Waals surface area contributed by atoms with Crippen molar-refractivity contribution in [2.24, 2.45) is 0 Å². The number of esters is 1. The summed E-state index contributed by atoms with van der Waals surface area (Å²) >= 11 is 0. The van der Waals surface area contributed by atoms with Crippen LogP contribution in [0.3, 0.4) is 0 Å². The van der Waals surface area contributed by atoms with Crippen LogP contribution < -0.4 is 29.6 Å². The molecule has 10 nitrogen and oxygen atoms in total. The molecule has 0 bridgehead atoms. The van der Waals surface area contributed by atoms with Crippen molar-refractivity contribution in [3.8, 4) is 23.0 Å². The Bertz CT molecular complexity index is 978. The number of hydrogen-bond donors (Lipinski definition) is 2. The molecule has 1 unspecified atom stereocenters. The average molecular weight is 444 g/mol. The van der Waals surface area contributed by atoms with E-state index in [1.165, 1.54) is 26.4 Å². The summed E-state index contributed by atoms with van der Waals surface area (Å²) in [5.74, 6) is 0.377. The normalized spacial score (nSPS) is 14.1. The Kier molecular flexibility index (Phi) is 7.74. The van der Waals surface area contributed by atoms with Gasteiger partial charge in [-0.1, -0.05) is 12.1 Å². The number of benzene rings is 2. The Morgan fingerprint density at radius 2 is 1.75 bits per heavy atom. The largest absolute Gasteiger partial charge is 0.493 e. The van der Waals surface area contributed by atoms with Crippen LogP contribution in [0.4, 0.5) is 0 Å². The number of nitrogens with one attached hydrogen (secondary N) is 2. The van der Waals surface area contributed by atoms with Gasteiger partial charge in [-0.3, -0.25) is 14.4 Å². The van der Waals surface area contributed by atoms with Gasteiger partial charge in [0.15, 0.2) is 29.6 Å². The van der Waals surface area contributed by atoms with Gasteiger partial charge >= 0.3 is 5.97 Å². The van der Waals surface area contributed by atoms with E-state index in [9.17, 15) is 14.4 Å². The van der Waals surface area contributed by atoms with Gasteiger partial charge in [0.1, 0.15) is 19.3 Å². The molecule has 1 atom stereocenters. The minimum Gasteiger partial charge on any atom is -0.493 e. The number of ether oxygens (including phenoxy) is 5. The molecule has 2 N–H and O–H groups in total. The van der Waals surface area contributed by atoms with Crippen molar-refractivity contribution in [3.05, 3.63) is 48.0 Å². The lowest BCUT2D eigenvalue weighted by Gasteiger charge is -2.26. The second-order valence-corrected chi connectivity index (χ2v) is 6.71. The molecule has 1 aliphatic rings. The highest BCUT2D eigenvalue weighted by molar-refractivity contribution is 5.96. The second kappa shape index (κ2) is 10.9. The molecule has 2 aromatic carbocycles. The standard InChI is InChI=1S/C22H24N2O8/c1-28-16-8-7-14(9-19(16)29-2)22(27)24-11-21(26)31-13-20(25)23-10-15-12-30-17-5-3-4-6-18(17)32-15/h3-9,15H,10-13H2,1-2H3,(H,23,25)(H,24,27). The summed E-state index contributed by atoms with van der Waals surface area (Å²) in [5, 5.41) is 5.04. The molecule has 0 aromatic heterocycles. The fourth-order valence-electron chi connectivity index (χ4n) is 2.87. The summed E-state index contributed by atoms with van der Waals surface area (Å²) in [4.78, 5) is 36.0. The van der Waals surface area contributed by atoms with Gasteiger partial charge in [0.05, 0.1) is 20.8 Å². The maximum absolute atomic E-state index is 12.2. The van der Waals surface area contributed by atoms with Gasteiger partial charge in [-0.05, 0) is 30.3 Å². The lowest BCUT2D eigenvalue weighted by Crippen LogP contribution is -2.42. The lowest BCUT2D eigenvalue weighted by atomic mass is 10.2. The van der Waals surface area contributed by atoms with Crippen molar-refractivity contribution in [2.75, 3.05) is 40.5 Å². The quantitative estimate of drug-likeness (QED) is 0.548. The third-order valence-electron chi connectivity index (χ3n) is 4.50. The van der Waals surface area contributed by atoms with E-state index in [-0.39, 0.29) is 18.2 Å². The molecule has 32 heavy (non-hydrogen) atoms. The van der Waals surface area contributed by atoms with E-state index in [2.05, 4.69) is 10.6 Å². The van der Waals surface area contributed by atoms with Gasteiger partial charge in [0, 0.05) is 5.56 Å². The maximum atomic E-state index is 12.2. The second-order valence-electron chi connectivity index (χ2n) is 6.71. The topological polar surface area (TPSA) is 121 Å². The molecule has 3 rings (SSSR count). The van der Waals surface area contributed by atoms with Gasteiger partial charge in [-0.15, -0.1) is 0 Å². The molecule has 0 spiro atoms. The Hall–Kier alpha value is -3.95. The zero-order chi connectivity index (χ0) is 22.9. The number of methoxy groups -OCH3 is 2. The van der Waals surface area contributed by atoms with Crippen LogP contribution in [0.1, 0.15) is 10.4 Å². The van der Waals surface area contributed by atoms with Gasteiger partial charge in [0.25, 0.3) is 11.8 Å². The first-order chi connectivity index (χ1) is 15.5. The molecular weight excluding hydrogens is 420 g/mol. The fourth-order valence-corrected chi connectivity index (χ4v) is 2.87. The lowest BCUT2D eigenvalue weighted by molar-refractivity contribution is -0.147. The van der Waals surface area contributed by atoms with Crippen molar-refractivity contribution in [1.82, 2.24) is 10.6 Å². The molecule has 0 saturated carbocycles. The Balaban J connectivity index is 1.36. The molecule has 0 aliphatic carbocycles. The summed E-state index contributed by atoms with van der Waals surface area (Å²) in [6, 6.07) is 11.8. The van der Waals surface area contributed by atoms with Crippen LogP contribution in [0.25, 0.3) is 0 Å². The molecule has 0 fully saturated rings. The number of rotatable bonds is 9. The summed E-state index contributed by atoms with van der Waals surface area (Å²) in [5.41, 5.74) is 0.282. The highest BCUT2D eigenvalue weighted by atomic mass is 16.6. The van der Waals surface area contributed by atoms with Crippen LogP contribution in [0.15, 0.2) is 42.5 Å². The van der Waals surface area contributed by atoms with Crippen LogP contribution in [0.5, 0.6) is 23.0 Å². The number of carbonyl (C=O) groups is 3. The zero-order valence-corrected chi connectivity index (χ0v) is 17.7. The molecule has 2 aromatic rings. The van der Waals surface area contributed by atoms with E-state index in [4.69, 9.17) is 23.7 Å². The summed E-state index contributed by atoms with van der Waals surface area (Å²) < 4.78 is 26.4. The molecular formula is C22H24N2O8. The van der Waals surface area contributed by atoms with Crippen LogP contribution in [-0.4, -0.2) is 64.4 Å². The highest BCUT2D eigenvalue weighted by Crippen LogP contribution is 2.30. The minimum absolute atomic E-state index is 0.195.